The van der Waals surface area contributed by atoms with Crippen LogP contribution in [0.4, 0.5) is 14.9 Å². The van der Waals surface area contributed by atoms with Gasteiger partial charge in [-0.15, -0.1) is 11.3 Å². The van der Waals surface area contributed by atoms with E-state index >= 15 is 0 Å². The molecule has 1 saturated carbocycles. The Hall–Kier alpha value is -3.19. The number of benzene rings is 2. The first-order valence-electron chi connectivity index (χ1n) is 12.2. The number of thiophene rings is 1. The molecule has 0 saturated heterocycles. The first-order valence-corrected chi connectivity index (χ1v) is 13.1. The molecule has 1 heterocycles. The lowest BCUT2D eigenvalue weighted by Crippen LogP contribution is -2.49. The summed E-state index contributed by atoms with van der Waals surface area (Å²) in [5.74, 6) is -0.422. The second-order valence-corrected chi connectivity index (χ2v) is 10.2. The van der Waals surface area contributed by atoms with Crippen LogP contribution in [0.2, 0.25) is 0 Å². The van der Waals surface area contributed by atoms with Gasteiger partial charge < -0.3 is 15.1 Å². The Morgan fingerprint density at radius 2 is 1.71 bits per heavy atom. The molecule has 4 rings (SSSR count). The lowest BCUT2D eigenvalue weighted by Gasteiger charge is -2.35. The predicted molar refractivity (Wildman–Crippen MR) is 139 cm³/mol. The minimum atomic E-state index is -0.304. The van der Waals surface area contributed by atoms with Crippen molar-refractivity contribution in [2.24, 2.45) is 0 Å². The van der Waals surface area contributed by atoms with Gasteiger partial charge in [0.05, 0.1) is 6.54 Å². The molecule has 1 aliphatic carbocycles. The zero-order valence-electron chi connectivity index (χ0n) is 20.1. The Kier molecular flexibility index (Phi) is 8.53. The van der Waals surface area contributed by atoms with Gasteiger partial charge >= 0.3 is 6.03 Å². The highest BCUT2D eigenvalue weighted by atomic mass is 32.1. The molecule has 3 aromatic rings. The van der Waals surface area contributed by atoms with Gasteiger partial charge in [0.15, 0.2) is 0 Å². The van der Waals surface area contributed by atoms with Crippen LogP contribution in [0.15, 0.2) is 66.0 Å². The van der Waals surface area contributed by atoms with E-state index in [1.54, 1.807) is 33.3 Å². The molecule has 184 valence electrons. The van der Waals surface area contributed by atoms with Gasteiger partial charge in [-0.3, -0.25) is 4.79 Å². The third kappa shape index (κ3) is 6.92. The van der Waals surface area contributed by atoms with Crippen LogP contribution in [-0.4, -0.2) is 34.3 Å². The van der Waals surface area contributed by atoms with Crippen LogP contribution in [0.1, 0.15) is 48.1 Å². The maximum absolute atomic E-state index is 13.7. The molecule has 2 aromatic carbocycles. The zero-order chi connectivity index (χ0) is 24.6. The first-order chi connectivity index (χ1) is 17.0. The molecule has 7 heteroatoms. The number of amides is 3. The van der Waals surface area contributed by atoms with Gasteiger partial charge in [0.2, 0.25) is 5.91 Å². The number of nitrogens with zero attached hydrogens (tertiary/aromatic N) is 2. The summed E-state index contributed by atoms with van der Waals surface area (Å²) >= 11 is 1.59. The molecule has 3 amide bonds. The van der Waals surface area contributed by atoms with Gasteiger partial charge in [-0.05, 0) is 60.5 Å². The van der Waals surface area contributed by atoms with Crippen molar-refractivity contribution in [1.29, 1.82) is 0 Å². The third-order valence-corrected chi connectivity index (χ3v) is 7.40. The van der Waals surface area contributed by atoms with Gasteiger partial charge in [-0.2, -0.15) is 0 Å². The molecule has 0 aliphatic heterocycles. The molecule has 35 heavy (non-hydrogen) atoms. The first kappa shape index (κ1) is 24.9. The topological polar surface area (TPSA) is 52.7 Å². The van der Waals surface area contributed by atoms with Gasteiger partial charge in [0.25, 0.3) is 0 Å². The van der Waals surface area contributed by atoms with Crippen molar-refractivity contribution in [2.75, 3.05) is 11.9 Å². The predicted octanol–water partition coefficient (Wildman–Crippen LogP) is 6.59. The average Bonchev–Trinajstić information content (AvgIpc) is 3.38. The van der Waals surface area contributed by atoms with Gasteiger partial charge in [0, 0.05) is 23.2 Å². The van der Waals surface area contributed by atoms with Crippen LogP contribution in [0.5, 0.6) is 0 Å². The minimum absolute atomic E-state index is 0.00888. The van der Waals surface area contributed by atoms with E-state index in [2.05, 4.69) is 5.32 Å². The SMILES string of the molecule is Cc1ccccc1NC(=O)N(CC(=O)N(Cc1ccc(F)cc1)Cc1cccs1)C1CCCCC1. The van der Waals surface area contributed by atoms with E-state index in [4.69, 9.17) is 0 Å². The number of para-hydroxylation sites is 1. The molecule has 1 aromatic heterocycles. The van der Waals surface area contributed by atoms with Crippen molar-refractivity contribution in [2.45, 2.75) is 58.2 Å². The molecule has 1 N–H and O–H groups in total. The lowest BCUT2D eigenvalue weighted by molar-refractivity contribution is -0.133. The Labute approximate surface area is 210 Å². The Morgan fingerprint density at radius 1 is 0.971 bits per heavy atom. The highest BCUT2D eigenvalue weighted by Gasteiger charge is 2.29. The second-order valence-electron chi connectivity index (χ2n) is 9.12. The Bertz CT molecular complexity index is 1110. The summed E-state index contributed by atoms with van der Waals surface area (Å²) in [6, 6.07) is 17.6. The quantitative estimate of drug-likeness (QED) is 0.385. The van der Waals surface area contributed by atoms with Crippen molar-refractivity contribution in [3.8, 4) is 0 Å². The maximum Gasteiger partial charge on any atom is 0.322 e. The molecule has 0 unspecified atom stereocenters. The molecule has 0 atom stereocenters. The number of hydrogen-bond acceptors (Lipinski definition) is 3. The largest absolute Gasteiger partial charge is 0.332 e. The Morgan fingerprint density at radius 3 is 2.40 bits per heavy atom. The van der Waals surface area contributed by atoms with E-state index in [0.717, 1.165) is 53.8 Å². The maximum atomic E-state index is 13.7. The fourth-order valence-corrected chi connectivity index (χ4v) is 5.26. The smallest absolute Gasteiger partial charge is 0.322 e. The van der Waals surface area contributed by atoms with Gasteiger partial charge in [0.1, 0.15) is 12.4 Å². The summed E-state index contributed by atoms with van der Waals surface area (Å²) in [7, 11) is 0. The van der Waals surface area contributed by atoms with Crippen LogP contribution >= 0.6 is 11.3 Å². The summed E-state index contributed by atoms with van der Waals surface area (Å²) in [6.07, 6.45) is 5.07. The van der Waals surface area contributed by atoms with E-state index in [9.17, 15) is 14.0 Å². The second kappa shape index (κ2) is 12.0. The fraction of sp³-hybridized carbons (Fsp3) is 0.357. The average molecular weight is 494 g/mol. The Balaban J connectivity index is 1.54. The monoisotopic (exact) mass is 493 g/mol. The molecule has 0 spiro atoms. The van der Waals surface area contributed by atoms with Crippen molar-refractivity contribution in [3.63, 3.8) is 0 Å². The van der Waals surface area contributed by atoms with Crippen molar-refractivity contribution < 1.29 is 14.0 Å². The van der Waals surface area contributed by atoms with Crippen LogP contribution in [0, 0.1) is 12.7 Å². The molecule has 1 aliphatic rings. The summed E-state index contributed by atoms with van der Waals surface area (Å²) in [4.78, 5) is 31.6. The van der Waals surface area contributed by atoms with E-state index in [-0.39, 0.29) is 30.3 Å². The number of carbonyl (C=O) groups is 2. The van der Waals surface area contributed by atoms with E-state index < -0.39 is 0 Å². The van der Waals surface area contributed by atoms with E-state index in [1.807, 2.05) is 48.7 Å². The summed E-state index contributed by atoms with van der Waals surface area (Å²) in [6.45, 7) is 2.77. The van der Waals surface area contributed by atoms with Crippen LogP contribution < -0.4 is 5.32 Å². The molecular formula is C28H32FN3O2S. The number of carbonyl (C=O) groups excluding carboxylic acids is 2. The number of halogens is 1. The fourth-order valence-electron chi connectivity index (χ4n) is 4.54. The van der Waals surface area contributed by atoms with Crippen molar-refractivity contribution in [3.05, 3.63) is 87.9 Å². The molecule has 0 radical (unpaired) electrons. The highest BCUT2D eigenvalue weighted by Crippen LogP contribution is 2.25. The number of urea groups is 1. The third-order valence-electron chi connectivity index (χ3n) is 6.53. The number of nitrogens with one attached hydrogen (secondary N) is 1. The van der Waals surface area contributed by atoms with E-state index in [1.165, 1.54) is 12.1 Å². The van der Waals surface area contributed by atoms with Crippen LogP contribution in [0.25, 0.3) is 0 Å². The lowest BCUT2D eigenvalue weighted by atomic mass is 9.94. The number of anilines is 1. The van der Waals surface area contributed by atoms with Gasteiger partial charge in [-0.25, -0.2) is 9.18 Å². The van der Waals surface area contributed by atoms with Crippen LogP contribution in [0.3, 0.4) is 0 Å². The molecule has 1 fully saturated rings. The van der Waals surface area contributed by atoms with Crippen molar-refractivity contribution in [1.82, 2.24) is 9.80 Å². The summed E-state index contributed by atoms with van der Waals surface area (Å²) < 4.78 is 13.4. The van der Waals surface area contributed by atoms with Crippen LogP contribution in [-0.2, 0) is 17.9 Å². The molecule has 5 nitrogen and oxygen atoms in total. The highest BCUT2D eigenvalue weighted by molar-refractivity contribution is 7.09. The minimum Gasteiger partial charge on any atom is -0.332 e. The zero-order valence-corrected chi connectivity index (χ0v) is 20.9. The molecule has 0 bridgehead atoms. The number of hydrogen-bond donors (Lipinski definition) is 1. The van der Waals surface area contributed by atoms with E-state index in [0.29, 0.717) is 13.1 Å². The molecular weight excluding hydrogens is 461 g/mol. The van der Waals surface area contributed by atoms with Gasteiger partial charge in [-0.1, -0.05) is 55.7 Å². The summed E-state index contributed by atoms with van der Waals surface area (Å²) in [5.41, 5.74) is 2.59. The summed E-state index contributed by atoms with van der Waals surface area (Å²) in [5, 5.41) is 5.02. The number of aryl methyl sites for hydroxylation is 1. The normalized spacial score (nSPS) is 13.9. The van der Waals surface area contributed by atoms with Crippen molar-refractivity contribution >= 4 is 29.0 Å². The number of rotatable bonds is 8. The standard InChI is InChI=1S/C28H32FN3O2S/c1-21-8-5-6-12-26(21)30-28(34)32(24-9-3-2-4-10-24)20-27(33)31(19-25-11-7-17-35-25)18-22-13-15-23(29)16-14-22/h5-8,11-17,24H,2-4,9-10,18-20H2,1H3,(H,30,34).